The number of thiophene rings is 1. The van der Waals surface area contributed by atoms with E-state index in [0.717, 1.165) is 52.6 Å². The Morgan fingerprint density at radius 3 is 2.78 bits per heavy atom. The maximum absolute atomic E-state index is 12.4. The van der Waals surface area contributed by atoms with Gasteiger partial charge in [0.15, 0.2) is 16.6 Å². The number of thiazole rings is 1. The number of benzene rings is 2. The smallest absolute Gasteiger partial charge is 0.251 e. The number of hydrogen-bond donors (Lipinski definition) is 2. The fourth-order valence-electron chi connectivity index (χ4n) is 4.25. The second kappa shape index (κ2) is 7.77. The summed E-state index contributed by atoms with van der Waals surface area (Å²) < 4.78 is 11.9. The van der Waals surface area contributed by atoms with E-state index in [2.05, 4.69) is 39.5 Å². The molecule has 0 saturated carbocycles. The number of ether oxygens (including phenoxy) is 2. The molecule has 9 heteroatoms. The first-order valence-electron chi connectivity index (χ1n) is 10.3. The van der Waals surface area contributed by atoms with E-state index in [0.29, 0.717) is 16.4 Å². The van der Waals surface area contributed by atoms with Crippen molar-refractivity contribution in [2.75, 3.05) is 18.7 Å². The molecule has 0 saturated heterocycles. The zero-order valence-corrected chi connectivity index (χ0v) is 18.7. The lowest BCUT2D eigenvalue weighted by Crippen LogP contribution is -2.30. The molecule has 0 bridgehead atoms. The number of aromatic nitrogens is 1. The number of fused-ring (bicyclic) bond motifs is 3. The van der Waals surface area contributed by atoms with Crippen LogP contribution >= 0.6 is 22.7 Å². The van der Waals surface area contributed by atoms with Crippen LogP contribution in [0.25, 0.3) is 10.2 Å². The zero-order valence-electron chi connectivity index (χ0n) is 17.1. The van der Waals surface area contributed by atoms with Crippen molar-refractivity contribution in [1.29, 1.82) is 0 Å². The molecule has 2 aliphatic rings. The topological polar surface area (TPSA) is 89.7 Å². The molecule has 0 spiro atoms. The Bertz CT molecular complexity index is 1290. The summed E-state index contributed by atoms with van der Waals surface area (Å²) >= 11 is 3.11. The fraction of sp³-hybridized carbons (Fsp3) is 0.217. The molecule has 6 rings (SSSR count). The quantitative estimate of drug-likeness (QED) is 0.452. The van der Waals surface area contributed by atoms with E-state index in [1.165, 1.54) is 21.8 Å². The van der Waals surface area contributed by atoms with Gasteiger partial charge >= 0.3 is 0 Å². The van der Waals surface area contributed by atoms with Crippen LogP contribution in [0.3, 0.4) is 0 Å². The van der Waals surface area contributed by atoms with Gasteiger partial charge in [0, 0.05) is 36.6 Å². The summed E-state index contributed by atoms with van der Waals surface area (Å²) in [6, 6.07) is 14.3. The molecule has 0 atom stereocenters. The van der Waals surface area contributed by atoms with Crippen molar-refractivity contribution in [2.24, 2.45) is 5.73 Å². The lowest BCUT2D eigenvalue weighted by atomic mass is 10.0. The lowest BCUT2D eigenvalue weighted by molar-refractivity contribution is 0.0999. The van der Waals surface area contributed by atoms with Gasteiger partial charge in [0.25, 0.3) is 5.91 Å². The van der Waals surface area contributed by atoms with Crippen LogP contribution in [0.4, 0.5) is 10.1 Å². The minimum atomic E-state index is -0.400. The molecule has 0 radical (unpaired) electrons. The van der Waals surface area contributed by atoms with E-state index >= 15 is 0 Å². The number of rotatable bonds is 5. The molecule has 4 heterocycles. The Labute approximate surface area is 192 Å². The Balaban J connectivity index is 1.28. The number of amides is 1. The molecule has 2 aromatic heterocycles. The van der Waals surface area contributed by atoms with Crippen molar-refractivity contribution in [3.8, 4) is 11.5 Å². The summed E-state index contributed by atoms with van der Waals surface area (Å²) in [4.78, 5) is 20.6. The Morgan fingerprint density at radius 2 is 1.97 bits per heavy atom. The number of nitrogens with one attached hydrogen (secondary N) is 1. The van der Waals surface area contributed by atoms with E-state index in [4.69, 9.17) is 15.2 Å². The van der Waals surface area contributed by atoms with Crippen LogP contribution in [0.5, 0.6) is 11.5 Å². The van der Waals surface area contributed by atoms with Crippen LogP contribution in [0, 0.1) is 0 Å². The van der Waals surface area contributed by atoms with Gasteiger partial charge in [-0.3, -0.25) is 9.69 Å². The lowest BCUT2D eigenvalue weighted by Gasteiger charge is -2.27. The van der Waals surface area contributed by atoms with Gasteiger partial charge in [-0.25, -0.2) is 4.98 Å². The molecule has 7 nitrogen and oxygen atoms in total. The van der Waals surface area contributed by atoms with Gasteiger partial charge in [-0.15, -0.1) is 11.3 Å². The van der Waals surface area contributed by atoms with E-state index in [-0.39, 0.29) is 6.79 Å². The number of carbonyl (C=O) groups is 1. The monoisotopic (exact) mass is 464 g/mol. The molecule has 162 valence electrons. The van der Waals surface area contributed by atoms with Crippen LogP contribution in [-0.4, -0.2) is 29.1 Å². The SMILES string of the molecule is NC(=O)c1c(Nc2nc3cc4c(cc3s2)OCO4)sc2c1CCN(Cc1ccccc1)C2. The third kappa shape index (κ3) is 3.48. The molecule has 0 fully saturated rings. The van der Waals surface area contributed by atoms with Gasteiger partial charge in [-0.2, -0.15) is 0 Å². The summed E-state index contributed by atoms with van der Waals surface area (Å²) in [6.07, 6.45) is 0.805. The van der Waals surface area contributed by atoms with Crippen LogP contribution in [0.15, 0.2) is 42.5 Å². The van der Waals surface area contributed by atoms with Crippen molar-refractivity contribution < 1.29 is 14.3 Å². The van der Waals surface area contributed by atoms with E-state index in [9.17, 15) is 4.79 Å². The highest BCUT2D eigenvalue weighted by Crippen LogP contribution is 2.42. The van der Waals surface area contributed by atoms with Gasteiger partial charge in [0.2, 0.25) is 6.79 Å². The van der Waals surface area contributed by atoms with Crippen LogP contribution in [-0.2, 0) is 19.5 Å². The maximum atomic E-state index is 12.4. The van der Waals surface area contributed by atoms with E-state index < -0.39 is 5.91 Å². The molecule has 4 aromatic rings. The van der Waals surface area contributed by atoms with Gasteiger partial charge in [-0.1, -0.05) is 41.7 Å². The van der Waals surface area contributed by atoms with E-state index in [1.807, 2.05) is 18.2 Å². The molecule has 3 N–H and O–H groups in total. The van der Waals surface area contributed by atoms with Crippen molar-refractivity contribution in [2.45, 2.75) is 19.5 Å². The summed E-state index contributed by atoms with van der Waals surface area (Å²) in [5.41, 5.74) is 9.58. The van der Waals surface area contributed by atoms with Crippen molar-refractivity contribution in [3.63, 3.8) is 0 Å². The fourth-order valence-corrected chi connectivity index (χ4v) is 6.49. The molecule has 32 heavy (non-hydrogen) atoms. The second-order valence-corrected chi connectivity index (χ2v) is 9.97. The number of nitrogens with two attached hydrogens (primary N) is 1. The highest BCUT2D eigenvalue weighted by atomic mass is 32.1. The Hall–Kier alpha value is -3.14. The van der Waals surface area contributed by atoms with E-state index in [1.54, 1.807) is 11.3 Å². The molecule has 0 aliphatic carbocycles. The first-order valence-corrected chi connectivity index (χ1v) is 11.9. The molecule has 1 amide bonds. The first-order chi connectivity index (χ1) is 15.6. The number of carbonyl (C=O) groups excluding carboxylic acids is 1. The molecular weight excluding hydrogens is 444 g/mol. The molecule has 2 aromatic carbocycles. The number of primary amides is 1. The predicted octanol–water partition coefficient (Wildman–Crippen LogP) is 4.49. The molecule has 0 unspecified atom stereocenters. The van der Waals surface area contributed by atoms with Gasteiger partial charge in [0.05, 0.1) is 15.8 Å². The number of nitrogens with zero attached hydrogens (tertiary/aromatic N) is 2. The second-order valence-electron chi connectivity index (χ2n) is 7.84. The maximum Gasteiger partial charge on any atom is 0.251 e. The van der Waals surface area contributed by atoms with Crippen LogP contribution in [0.2, 0.25) is 0 Å². The highest BCUT2D eigenvalue weighted by molar-refractivity contribution is 7.23. The highest BCUT2D eigenvalue weighted by Gasteiger charge is 2.27. The van der Waals surface area contributed by atoms with Crippen molar-refractivity contribution in [1.82, 2.24) is 9.88 Å². The minimum Gasteiger partial charge on any atom is -0.454 e. The summed E-state index contributed by atoms with van der Waals surface area (Å²) in [6.45, 7) is 2.82. The van der Waals surface area contributed by atoms with Crippen LogP contribution < -0.4 is 20.5 Å². The Kier molecular flexibility index (Phi) is 4.74. The normalized spacial score (nSPS) is 15.1. The van der Waals surface area contributed by atoms with Crippen molar-refractivity contribution >= 4 is 48.9 Å². The van der Waals surface area contributed by atoms with Crippen molar-refractivity contribution in [3.05, 3.63) is 64.0 Å². The van der Waals surface area contributed by atoms with Gasteiger partial charge in [-0.05, 0) is 17.5 Å². The first kappa shape index (κ1) is 19.5. The third-order valence-electron chi connectivity index (χ3n) is 5.73. The minimum absolute atomic E-state index is 0.238. The summed E-state index contributed by atoms with van der Waals surface area (Å²) in [7, 11) is 0. The Morgan fingerprint density at radius 1 is 1.16 bits per heavy atom. The summed E-state index contributed by atoms with van der Waals surface area (Å²) in [5, 5.41) is 4.85. The summed E-state index contributed by atoms with van der Waals surface area (Å²) in [5.74, 6) is 1.04. The van der Waals surface area contributed by atoms with Gasteiger partial charge in [0.1, 0.15) is 5.00 Å². The average Bonchev–Trinajstić information content (AvgIpc) is 3.48. The molecular formula is C23H20N4O3S2. The number of hydrogen-bond acceptors (Lipinski definition) is 8. The third-order valence-corrected chi connectivity index (χ3v) is 7.80. The largest absolute Gasteiger partial charge is 0.454 e. The predicted molar refractivity (Wildman–Crippen MR) is 126 cm³/mol. The van der Waals surface area contributed by atoms with Gasteiger partial charge < -0.3 is 20.5 Å². The zero-order chi connectivity index (χ0) is 21.7. The standard InChI is InChI=1S/C23H20N4O3S2/c24-21(28)20-14-6-7-27(10-13-4-2-1-3-5-13)11-19(14)31-22(20)26-23-25-15-8-16-17(30-12-29-16)9-18(15)32-23/h1-5,8-9H,6-7,10-12H2,(H2,24,28)(H,25,26). The number of anilines is 2. The average molecular weight is 465 g/mol. The van der Waals surface area contributed by atoms with Crippen LogP contribution in [0.1, 0.15) is 26.4 Å². The molecule has 2 aliphatic heterocycles.